The van der Waals surface area contributed by atoms with Crippen LogP contribution in [0.25, 0.3) is 11.1 Å². The molecular formula is C34H33F5N2O5. The molecule has 12 heteroatoms. The number of nitrogens with zero attached hydrogens (tertiary/aromatic N) is 2. The van der Waals surface area contributed by atoms with Gasteiger partial charge in [-0.3, -0.25) is 18.7 Å². The minimum absolute atomic E-state index is 0.0907. The average Bonchev–Trinajstić information content (AvgIpc) is 3.00. The molecule has 0 amide bonds. The number of hydrogen-bond acceptors (Lipinski definition) is 4. The molecule has 4 rings (SSSR count). The highest BCUT2D eigenvalue weighted by Crippen LogP contribution is 2.35. The van der Waals surface area contributed by atoms with E-state index in [2.05, 4.69) is 0 Å². The van der Waals surface area contributed by atoms with E-state index < -0.39 is 58.6 Å². The van der Waals surface area contributed by atoms with Gasteiger partial charge in [-0.15, -0.1) is 0 Å². The number of aromatic nitrogens is 2. The van der Waals surface area contributed by atoms with Crippen molar-refractivity contribution in [2.24, 2.45) is 5.92 Å². The van der Waals surface area contributed by atoms with E-state index in [0.29, 0.717) is 18.9 Å². The van der Waals surface area contributed by atoms with Crippen molar-refractivity contribution in [2.75, 3.05) is 7.11 Å². The summed E-state index contributed by atoms with van der Waals surface area (Å²) in [6, 6.07) is 15.3. The average molecular weight is 645 g/mol. The van der Waals surface area contributed by atoms with Gasteiger partial charge in [0.15, 0.2) is 11.6 Å². The Morgan fingerprint density at radius 1 is 0.957 bits per heavy atom. The van der Waals surface area contributed by atoms with Crippen LogP contribution in [-0.2, 0) is 24.1 Å². The van der Waals surface area contributed by atoms with Crippen molar-refractivity contribution in [3.63, 3.8) is 0 Å². The number of halogens is 5. The molecule has 0 saturated carbocycles. The molecule has 0 fully saturated rings. The second kappa shape index (κ2) is 14.1. The molecule has 0 aliphatic carbocycles. The summed E-state index contributed by atoms with van der Waals surface area (Å²) in [5.74, 6) is -4.10. The summed E-state index contributed by atoms with van der Waals surface area (Å²) >= 11 is 0. The quantitative estimate of drug-likeness (QED) is 0.168. The predicted molar refractivity (Wildman–Crippen MR) is 162 cm³/mol. The number of benzene rings is 3. The number of carbonyl (C=O) groups is 1. The summed E-state index contributed by atoms with van der Waals surface area (Å²) in [5.41, 5.74) is -4.00. The first-order chi connectivity index (χ1) is 21.8. The summed E-state index contributed by atoms with van der Waals surface area (Å²) < 4.78 is 79.2. The minimum atomic E-state index is -4.95. The number of carboxylic acids is 1. The Labute approximate surface area is 261 Å². The van der Waals surface area contributed by atoms with Gasteiger partial charge in [-0.2, -0.15) is 13.2 Å². The molecule has 0 saturated heterocycles. The fourth-order valence-corrected chi connectivity index (χ4v) is 5.75. The van der Waals surface area contributed by atoms with E-state index in [4.69, 9.17) is 9.84 Å². The lowest BCUT2D eigenvalue weighted by Crippen LogP contribution is -2.44. The third-order valence-corrected chi connectivity index (χ3v) is 8.22. The van der Waals surface area contributed by atoms with Crippen molar-refractivity contribution in [1.29, 1.82) is 0 Å². The third kappa shape index (κ3) is 7.21. The van der Waals surface area contributed by atoms with Crippen LogP contribution in [0.5, 0.6) is 5.75 Å². The van der Waals surface area contributed by atoms with E-state index in [-0.39, 0.29) is 41.5 Å². The minimum Gasteiger partial charge on any atom is -0.494 e. The van der Waals surface area contributed by atoms with Crippen LogP contribution in [0.4, 0.5) is 22.0 Å². The second-order valence-corrected chi connectivity index (χ2v) is 11.1. The van der Waals surface area contributed by atoms with Gasteiger partial charge < -0.3 is 9.84 Å². The highest BCUT2D eigenvalue weighted by molar-refractivity contribution is 5.68. The summed E-state index contributed by atoms with van der Waals surface area (Å²) in [5, 5.41) is 9.13. The first kappa shape index (κ1) is 34.1. The van der Waals surface area contributed by atoms with E-state index in [1.54, 1.807) is 30.3 Å². The Kier molecular flexibility index (Phi) is 10.5. The molecule has 1 unspecified atom stereocenters. The van der Waals surface area contributed by atoms with Gasteiger partial charge >= 0.3 is 17.8 Å². The largest absolute Gasteiger partial charge is 0.494 e. The van der Waals surface area contributed by atoms with Crippen LogP contribution in [0.3, 0.4) is 0 Å². The molecule has 7 nitrogen and oxygen atoms in total. The molecule has 2 atom stereocenters. The highest BCUT2D eigenvalue weighted by atomic mass is 19.4. The van der Waals surface area contributed by atoms with E-state index in [1.807, 2.05) is 6.92 Å². The van der Waals surface area contributed by atoms with Crippen LogP contribution in [0.15, 0.2) is 76.3 Å². The second-order valence-electron chi connectivity index (χ2n) is 11.1. The summed E-state index contributed by atoms with van der Waals surface area (Å²) in [6.45, 7) is 1.97. The van der Waals surface area contributed by atoms with Gasteiger partial charge in [-0.1, -0.05) is 55.5 Å². The number of aliphatic carboxylic acids is 1. The van der Waals surface area contributed by atoms with E-state index >= 15 is 8.78 Å². The number of hydrogen-bond donors (Lipinski definition) is 1. The summed E-state index contributed by atoms with van der Waals surface area (Å²) in [6.07, 6.45) is -4.30. The van der Waals surface area contributed by atoms with Gasteiger partial charge in [-0.25, -0.2) is 13.6 Å². The first-order valence-electron chi connectivity index (χ1n) is 14.5. The maximum absolute atomic E-state index is 15.6. The third-order valence-electron chi connectivity index (χ3n) is 8.22. The smallest absolute Gasteiger partial charge is 0.416 e. The highest BCUT2D eigenvalue weighted by Gasteiger charge is 2.35. The molecule has 0 radical (unpaired) electrons. The maximum atomic E-state index is 15.6. The number of alkyl halides is 3. The van der Waals surface area contributed by atoms with Crippen LogP contribution in [-0.4, -0.2) is 27.3 Å². The van der Waals surface area contributed by atoms with Crippen molar-refractivity contribution in [2.45, 2.75) is 58.3 Å². The zero-order chi connectivity index (χ0) is 33.8. The lowest BCUT2D eigenvalue weighted by molar-refractivity contribution is -0.139. The maximum Gasteiger partial charge on any atom is 0.416 e. The van der Waals surface area contributed by atoms with Crippen molar-refractivity contribution < 1.29 is 36.6 Å². The molecule has 244 valence electrons. The van der Waals surface area contributed by atoms with Gasteiger partial charge in [0.05, 0.1) is 24.8 Å². The van der Waals surface area contributed by atoms with Gasteiger partial charge in [0.1, 0.15) is 5.82 Å². The number of methoxy groups -OCH3 is 1. The number of rotatable bonds is 12. The Balaban J connectivity index is 1.98. The molecule has 0 bridgehead atoms. The summed E-state index contributed by atoms with van der Waals surface area (Å²) in [4.78, 5) is 39.4. The topological polar surface area (TPSA) is 90.5 Å². The van der Waals surface area contributed by atoms with Gasteiger partial charge in [-0.05, 0) is 49.4 Å². The van der Waals surface area contributed by atoms with Crippen LogP contribution in [0.2, 0.25) is 0 Å². The van der Waals surface area contributed by atoms with E-state index in [9.17, 15) is 27.6 Å². The van der Waals surface area contributed by atoms with Gasteiger partial charge in [0, 0.05) is 35.7 Å². The summed E-state index contributed by atoms with van der Waals surface area (Å²) in [7, 11) is 1.22. The van der Waals surface area contributed by atoms with Gasteiger partial charge in [0.25, 0.3) is 5.56 Å². The lowest BCUT2D eigenvalue weighted by Gasteiger charge is -2.27. The molecule has 0 aliphatic heterocycles. The fourth-order valence-electron chi connectivity index (χ4n) is 5.75. The monoisotopic (exact) mass is 644 g/mol. The predicted octanol–water partition coefficient (Wildman–Crippen LogP) is 7.01. The Hall–Kier alpha value is -4.74. The molecule has 1 N–H and O–H groups in total. The SMILES string of the molecule is COc1cccc(-c2c(C)n(Cc3c(F)cccc3C(F)(F)F)c(=O)n(CC(c3ccccc3)[C@H](C)CCCC(=O)O)c2=O)c1F. The van der Waals surface area contributed by atoms with Crippen molar-refractivity contribution in [1.82, 2.24) is 9.13 Å². The molecule has 0 spiro atoms. The van der Waals surface area contributed by atoms with Crippen LogP contribution in [0, 0.1) is 24.5 Å². The van der Waals surface area contributed by atoms with E-state index in [1.165, 1.54) is 32.2 Å². The lowest BCUT2D eigenvalue weighted by atomic mass is 9.84. The standard InChI is InChI=1S/C34H33F5N2O5/c1-20(10-7-17-29(42)43)24(22-11-5-4-6-12-22)18-41-32(44)30(23-13-8-16-28(46-3)31(23)36)21(2)40(33(41)45)19-25-26(34(37,38)39)14-9-15-27(25)35/h4-6,8-9,11-16,20,24H,7,10,17-19H2,1-3H3,(H,42,43)/t20-,24?/m1/s1. The molecule has 1 aromatic heterocycles. The molecule has 46 heavy (non-hydrogen) atoms. The van der Waals surface area contributed by atoms with Crippen LogP contribution >= 0.6 is 0 Å². The van der Waals surface area contributed by atoms with Crippen molar-refractivity contribution in [3.05, 3.63) is 122 Å². The molecule has 0 aliphatic rings. The molecule has 4 aromatic rings. The Morgan fingerprint density at radius 3 is 2.26 bits per heavy atom. The van der Waals surface area contributed by atoms with Crippen LogP contribution in [0.1, 0.15) is 54.5 Å². The zero-order valence-corrected chi connectivity index (χ0v) is 25.4. The van der Waals surface area contributed by atoms with Crippen LogP contribution < -0.4 is 16.0 Å². The molecule has 1 heterocycles. The number of ether oxygens (including phenoxy) is 1. The van der Waals surface area contributed by atoms with Gasteiger partial charge in [0.2, 0.25) is 0 Å². The van der Waals surface area contributed by atoms with Crippen molar-refractivity contribution >= 4 is 5.97 Å². The molecule has 3 aromatic carbocycles. The Morgan fingerprint density at radius 2 is 1.63 bits per heavy atom. The normalized spacial score (nSPS) is 13.0. The number of carboxylic acid groups (broad SMARTS) is 1. The van der Waals surface area contributed by atoms with E-state index in [0.717, 1.165) is 26.8 Å². The fraction of sp³-hybridized carbons (Fsp3) is 0.324. The van der Waals surface area contributed by atoms with Crippen molar-refractivity contribution in [3.8, 4) is 16.9 Å². The first-order valence-corrected chi connectivity index (χ1v) is 14.5. The molecular weight excluding hydrogens is 611 g/mol. The zero-order valence-electron chi connectivity index (χ0n) is 25.4. The Bertz CT molecular complexity index is 1830.